The Bertz CT molecular complexity index is 410. The predicted molar refractivity (Wildman–Crippen MR) is 78.8 cm³/mol. The van der Waals surface area contributed by atoms with Crippen molar-refractivity contribution in [2.75, 3.05) is 0 Å². The van der Waals surface area contributed by atoms with Crippen LogP contribution in [0.15, 0.2) is 16.5 Å². The number of halogens is 2. The van der Waals surface area contributed by atoms with Crippen molar-refractivity contribution in [2.45, 2.75) is 57.2 Å². The lowest BCUT2D eigenvalue weighted by atomic mass is 9.78. The van der Waals surface area contributed by atoms with E-state index in [1.54, 1.807) is 6.07 Å². The lowest BCUT2D eigenvalue weighted by molar-refractivity contribution is 0.202. The zero-order valence-corrected chi connectivity index (χ0v) is 12.9. The van der Waals surface area contributed by atoms with Crippen molar-refractivity contribution in [3.63, 3.8) is 0 Å². The first-order chi connectivity index (χ1) is 9.56. The van der Waals surface area contributed by atoms with E-state index in [0.717, 1.165) is 11.7 Å². The third kappa shape index (κ3) is 4.48. The van der Waals surface area contributed by atoms with E-state index < -0.39 is 5.76 Å². The zero-order valence-electron chi connectivity index (χ0n) is 12.1. The van der Waals surface area contributed by atoms with E-state index in [0.29, 0.717) is 36.0 Å². The fourth-order valence-corrected chi connectivity index (χ4v) is 3.29. The van der Waals surface area contributed by atoms with Crippen molar-refractivity contribution in [1.82, 2.24) is 5.32 Å². The zero-order chi connectivity index (χ0) is 14.5. The standard InChI is InChI=1S/C15H23F2NOS/c1-10-4-3-5-14(11(10)2)18-8-12-6-7-13(19-12)9-20-15(16)17/h6-7,10-11,14-15,18H,3-5,8-9H2,1-2H3. The maximum atomic E-state index is 12.1. The fourth-order valence-electron chi connectivity index (χ4n) is 2.84. The second-order valence-electron chi connectivity index (χ2n) is 5.69. The molecule has 1 aliphatic carbocycles. The van der Waals surface area contributed by atoms with Crippen LogP contribution in [0.5, 0.6) is 0 Å². The van der Waals surface area contributed by atoms with Crippen LogP contribution in [0.25, 0.3) is 0 Å². The molecule has 0 spiro atoms. The van der Waals surface area contributed by atoms with Gasteiger partial charge in [-0.05, 0) is 30.4 Å². The molecule has 1 aromatic rings. The Morgan fingerprint density at radius 2 is 2.05 bits per heavy atom. The Hall–Kier alpha value is -0.550. The van der Waals surface area contributed by atoms with Crippen LogP contribution in [0.1, 0.15) is 44.6 Å². The van der Waals surface area contributed by atoms with Gasteiger partial charge in [0, 0.05) is 6.04 Å². The number of rotatable bonds is 6. The van der Waals surface area contributed by atoms with Gasteiger partial charge in [0.05, 0.1) is 12.3 Å². The highest BCUT2D eigenvalue weighted by Crippen LogP contribution is 2.29. The largest absolute Gasteiger partial charge is 0.464 e. The van der Waals surface area contributed by atoms with Gasteiger partial charge in [0.1, 0.15) is 11.5 Å². The molecule has 20 heavy (non-hydrogen) atoms. The van der Waals surface area contributed by atoms with E-state index in [2.05, 4.69) is 19.2 Å². The summed E-state index contributed by atoms with van der Waals surface area (Å²) in [6, 6.07) is 4.20. The first-order valence-corrected chi connectivity index (χ1v) is 8.32. The highest BCUT2D eigenvalue weighted by molar-refractivity contribution is 7.98. The molecule has 0 saturated heterocycles. The summed E-state index contributed by atoms with van der Waals surface area (Å²) in [6.07, 6.45) is 3.80. The SMILES string of the molecule is CC1CCCC(NCc2ccc(CSC(F)F)o2)C1C. The van der Waals surface area contributed by atoms with Gasteiger partial charge in [-0.3, -0.25) is 0 Å². The third-order valence-corrected chi connectivity index (χ3v) is 5.02. The highest BCUT2D eigenvalue weighted by Gasteiger charge is 2.26. The van der Waals surface area contributed by atoms with Crippen molar-refractivity contribution in [1.29, 1.82) is 0 Å². The molecule has 0 radical (unpaired) electrons. The summed E-state index contributed by atoms with van der Waals surface area (Å²) in [5.41, 5.74) is 0. The number of hydrogen-bond donors (Lipinski definition) is 1. The summed E-state index contributed by atoms with van der Waals surface area (Å²) in [5, 5.41) is 3.55. The molecule has 1 aromatic heterocycles. The van der Waals surface area contributed by atoms with Crippen LogP contribution < -0.4 is 5.32 Å². The van der Waals surface area contributed by atoms with Crippen LogP contribution in [0.2, 0.25) is 0 Å². The molecule has 2 nitrogen and oxygen atoms in total. The van der Waals surface area contributed by atoms with Gasteiger partial charge in [-0.15, -0.1) is 0 Å². The molecule has 1 aliphatic rings. The van der Waals surface area contributed by atoms with Gasteiger partial charge in [-0.25, -0.2) is 0 Å². The maximum absolute atomic E-state index is 12.1. The molecule has 0 amide bonds. The van der Waals surface area contributed by atoms with E-state index in [4.69, 9.17) is 4.42 Å². The molecule has 0 bridgehead atoms. The molecule has 1 saturated carbocycles. The summed E-state index contributed by atoms with van der Waals surface area (Å²) in [7, 11) is 0. The summed E-state index contributed by atoms with van der Waals surface area (Å²) < 4.78 is 29.8. The van der Waals surface area contributed by atoms with Gasteiger partial charge in [0.15, 0.2) is 0 Å². The molecular formula is C15H23F2NOS. The van der Waals surface area contributed by atoms with Crippen molar-refractivity contribution >= 4 is 11.8 Å². The normalized spacial score (nSPS) is 27.1. The van der Waals surface area contributed by atoms with Crippen LogP contribution in [-0.2, 0) is 12.3 Å². The highest BCUT2D eigenvalue weighted by atomic mass is 32.2. The minimum Gasteiger partial charge on any atom is -0.464 e. The molecule has 1 N–H and O–H groups in total. The Morgan fingerprint density at radius 1 is 1.30 bits per heavy atom. The maximum Gasteiger partial charge on any atom is 0.284 e. The summed E-state index contributed by atoms with van der Waals surface area (Å²) in [4.78, 5) is 0. The quantitative estimate of drug-likeness (QED) is 0.828. The van der Waals surface area contributed by atoms with Crippen molar-refractivity contribution in [2.24, 2.45) is 11.8 Å². The van der Waals surface area contributed by atoms with Gasteiger partial charge >= 0.3 is 0 Å². The topological polar surface area (TPSA) is 25.2 Å². The smallest absolute Gasteiger partial charge is 0.284 e. The molecule has 114 valence electrons. The molecule has 0 aliphatic heterocycles. The van der Waals surface area contributed by atoms with Gasteiger partial charge in [0.25, 0.3) is 5.76 Å². The summed E-state index contributed by atoms with van der Waals surface area (Å²) in [5.74, 6) is 0.779. The minimum absolute atomic E-state index is 0.231. The Labute approximate surface area is 123 Å². The van der Waals surface area contributed by atoms with Crippen molar-refractivity contribution in [3.8, 4) is 0 Å². The number of alkyl halides is 2. The van der Waals surface area contributed by atoms with E-state index in [-0.39, 0.29) is 5.75 Å². The second-order valence-corrected chi connectivity index (χ2v) is 6.67. The van der Waals surface area contributed by atoms with Crippen molar-refractivity contribution < 1.29 is 13.2 Å². The van der Waals surface area contributed by atoms with Crippen LogP contribution in [0.3, 0.4) is 0 Å². The number of furan rings is 1. The monoisotopic (exact) mass is 303 g/mol. The molecule has 5 heteroatoms. The van der Waals surface area contributed by atoms with Crippen LogP contribution in [0.4, 0.5) is 8.78 Å². The lowest BCUT2D eigenvalue weighted by Gasteiger charge is -2.34. The van der Waals surface area contributed by atoms with E-state index in [9.17, 15) is 8.78 Å². The number of thioether (sulfide) groups is 1. The summed E-state index contributed by atoms with van der Waals surface area (Å²) >= 11 is 0.597. The molecule has 2 rings (SSSR count). The van der Waals surface area contributed by atoms with Gasteiger partial charge in [-0.2, -0.15) is 8.78 Å². The van der Waals surface area contributed by atoms with E-state index >= 15 is 0 Å². The van der Waals surface area contributed by atoms with Gasteiger partial charge < -0.3 is 9.73 Å². The molecular weight excluding hydrogens is 280 g/mol. The Kier molecular flexibility index (Phi) is 5.90. The third-order valence-electron chi connectivity index (χ3n) is 4.31. The lowest BCUT2D eigenvalue weighted by Crippen LogP contribution is -2.40. The van der Waals surface area contributed by atoms with Gasteiger partial charge in [-0.1, -0.05) is 38.5 Å². The van der Waals surface area contributed by atoms with E-state index in [1.165, 1.54) is 19.3 Å². The van der Waals surface area contributed by atoms with Gasteiger partial charge in [0.2, 0.25) is 0 Å². The first-order valence-electron chi connectivity index (χ1n) is 7.27. The molecule has 1 fully saturated rings. The minimum atomic E-state index is -2.34. The number of nitrogens with one attached hydrogen (secondary N) is 1. The average molecular weight is 303 g/mol. The van der Waals surface area contributed by atoms with Crippen LogP contribution in [-0.4, -0.2) is 11.8 Å². The van der Waals surface area contributed by atoms with Crippen molar-refractivity contribution in [3.05, 3.63) is 23.7 Å². The Morgan fingerprint density at radius 3 is 2.80 bits per heavy atom. The first kappa shape index (κ1) is 15.8. The second kappa shape index (κ2) is 7.46. The molecule has 3 unspecified atom stereocenters. The molecule has 0 aromatic carbocycles. The van der Waals surface area contributed by atoms with Crippen LogP contribution in [0, 0.1) is 11.8 Å². The van der Waals surface area contributed by atoms with Crippen LogP contribution >= 0.6 is 11.8 Å². The average Bonchev–Trinajstić information content (AvgIpc) is 2.86. The number of hydrogen-bond acceptors (Lipinski definition) is 3. The molecule has 1 heterocycles. The molecule has 3 atom stereocenters. The summed E-state index contributed by atoms with van der Waals surface area (Å²) in [6.45, 7) is 5.29. The fraction of sp³-hybridized carbons (Fsp3) is 0.733. The predicted octanol–water partition coefficient (Wildman–Crippen LogP) is 4.65. The van der Waals surface area contributed by atoms with E-state index in [1.807, 2.05) is 6.07 Å². The Balaban J connectivity index is 1.79.